The third-order valence-corrected chi connectivity index (χ3v) is 1.27. The van der Waals surface area contributed by atoms with Crippen LogP contribution in [0.1, 0.15) is 13.8 Å². The van der Waals surface area contributed by atoms with Gasteiger partial charge in [-0.3, -0.25) is 0 Å². The molecule has 0 saturated heterocycles. The molecule has 0 aromatic carbocycles. The van der Waals surface area contributed by atoms with E-state index in [2.05, 4.69) is 12.2 Å². The van der Waals surface area contributed by atoms with Gasteiger partial charge in [-0.25, -0.2) is 0 Å². The molecule has 0 aliphatic rings. The van der Waals surface area contributed by atoms with E-state index >= 15 is 0 Å². The van der Waals surface area contributed by atoms with Crippen LogP contribution >= 0.6 is 24.0 Å². The summed E-state index contributed by atoms with van der Waals surface area (Å²) < 4.78 is 11.2. The Bertz CT molecular complexity index is 70.1. The van der Waals surface area contributed by atoms with Crippen LogP contribution in [-0.4, -0.2) is 9.70 Å². The molecule has 0 bridgehead atoms. The van der Waals surface area contributed by atoms with E-state index < -0.39 is 4.45 Å². The normalized spacial score (nSPS) is 9.71. The van der Waals surface area contributed by atoms with E-state index in [4.69, 9.17) is 0 Å². The molecule has 0 atom stereocenters. The molecule has 0 heterocycles. The highest BCUT2D eigenvalue weighted by Crippen LogP contribution is 2.11. The standard InChI is InChI=1S/C4H7FS2/c1-3(2)7-4(5)6/h3H,1-2H3. The van der Waals surface area contributed by atoms with Gasteiger partial charge in [-0.1, -0.05) is 25.6 Å². The zero-order chi connectivity index (χ0) is 5.86. The Balaban J connectivity index is 3.13. The minimum absolute atomic E-state index is 0.275. The van der Waals surface area contributed by atoms with E-state index in [-0.39, 0.29) is 5.25 Å². The first-order valence-corrected chi connectivity index (χ1v) is 3.28. The highest BCUT2D eigenvalue weighted by atomic mass is 32.2. The Kier molecular flexibility index (Phi) is 3.56. The predicted octanol–water partition coefficient (Wildman–Crippen LogP) is 2.38. The van der Waals surface area contributed by atoms with Crippen molar-refractivity contribution in [1.29, 1.82) is 0 Å². The van der Waals surface area contributed by atoms with Crippen molar-refractivity contribution in [3.63, 3.8) is 0 Å². The topological polar surface area (TPSA) is 0 Å². The lowest BCUT2D eigenvalue weighted by Gasteiger charge is -1.94. The number of thioether (sulfide) groups is 1. The summed E-state index contributed by atoms with van der Waals surface area (Å²) in [5.74, 6) is 0. The monoisotopic (exact) mass is 138 g/mol. The quantitative estimate of drug-likeness (QED) is 0.403. The molecule has 3 heteroatoms. The molecule has 7 heavy (non-hydrogen) atoms. The van der Waals surface area contributed by atoms with E-state index in [1.807, 2.05) is 13.8 Å². The second kappa shape index (κ2) is 3.38. The lowest BCUT2D eigenvalue weighted by atomic mass is 10.6. The lowest BCUT2D eigenvalue weighted by Crippen LogP contribution is -1.87. The largest absolute Gasteiger partial charge is 0.220 e. The van der Waals surface area contributed by atoms with Crippen molar-refractivity contribution < 1.29 is 4.39 Å². The van der Waals surface area contributed by atoms with Crippen molar-refractivity contribution >= 4 is 28.4 Å². The van der Waals surface area contributed by atoms with Crippen molar-refractivity contribution in [2.24, 2.45) is 0 Å². The third kappa shape index (κ3) is 6.37. The van der Waals surface area contributed by atoms with Crippen molar-refractivity contribution in [3.05, 3.63) is 0 Å². The molecule has 0 nitrogen and oxygen atoms in total. The summed E-state index contributed by atoms with van der Waals surface area (Å²) in [6.45, 7) is 3.80. The van der Waals surface area contributed by atoms with E-state index in [0.29, 0.717) is 0 Å². The maximum Gasteiger partial charge on any atom is 0.220 e. The summed E-state index contributed by atoms with van der Waals surface area (Å²) in [5.41, 5.74) is 0. The smallest absolute Gasteiger partial charge is 0.186 e. The highest BCUT2D eigenvalue weighted by molar-refractivity contribution is 8.22. The summed E-state index contributed by atoms with van der Waals surface area (Å²) in [6.07, 6.45) is 0. The second-order valence-electron chi connectivity index (χ2n) is 1.40. The van der Waals surface area contributed by atoms with Gasteiger partial charge in [0.2, 0.25) is 4.45 Å². The Morgan fingerprint density at radius 3 is 2.14 bits per heavy atom. The maximum atomic E-state index is 11.6. The van der Waals surface area contributed by atoms with Gasteiger partial charge in [0.15, 0.2) is 0 Å². The average molecular weight is 138 g/mol. The van der Waals surface area contributed by atoms with Gasteiger partial charge in [-0.15, -0.1) is 0 Å². The van der Waals surface area contributed by atoms with Gasteiger partial charge >= 0.3 is 0 Å². The fourth-order valence-electron chi connectivity index (χ4n) is 0.185. The molecule has 0 spiro atoms. The number of thiocarbonyl (C=S) groups is 1. The van der Waals surface area contributed by atoms with Crippen molar-refractivity contribution in [2.45, 2.75) is 19.1 Å². The first-order valence-electron chi connectivity index (χ1n) is 1.99. The molecule has 0 unspecified atom stereocenters. The zero-order valence-electron chi connectivity index (χ0n) is 4.27. The number of halogens is 1. The number of hydrogen-bond acceptors (Lipinski definition) is 2. The van der Waals surface area contributed by atoms with Crippen molar-refractivity contribution in [2.75, 3.05) is 0 Å². The minimum Gasteiger partial charge on any atom is -0.186 e. The molecule has 0 aliphatic heterocycles. The maximum absolute atomic E-state index is 11.6. The van der Waals surface area contributed by atoms with Gasteiger partial charge in [0, 0.05) is 5.25 Å². The van der Waals surface area contributed by atoms with Crippen LogP contribution in [0.5, 0.6) is 0 Å². The van der Waals surface area contributed by atoms with E-state index in [9.17, 15) is 4.39 Å². The van der Waals surface area contributed by atoms with Crippen LogP contribution in [0.4, 0.5) is 4.39 Å². The Hall–Kier alpha value is 0.370. The van der Waals surface area contributed by atoms with E-state index in [0.717, 1.165) is 11.8 Å². The van der Waals surface area contributed by atoms with Crippen molar-refractivity contribution in [3.8, 4) is 0 Å². The first-order chi connectivity index (χ1) is 3.13. The number of rotatable bonds is 1. The van der Waals surface area contributed by atoms with E-state index in [1.54, 1.807) is 0 Å². The second-order valence-corrected chi connectivity index (χ2v) is 3.56. The van der Waals surface area contributed by atoms with Crippen LogP contribution in [0.3, 0.4) is 0 Å². The molecule has 42 valence electrons. The molecule has 0 aromatic heterocycles. The molecule has 0 aliphatic carbocycles. The van der Waals surface area contributed by atoms with Crippen LogP contribution in [0.15, 0.2) is 0 Å². The molecule has 0 saturated carbocycles. The van der Waals surface area contributed by atoms with Crippen LogP contribution in [0.2, 0.25) is 0 Å². The van der Waals surface area contributed by atoms with Crippen LogP contribution < -0.4 is 0 Å². The summed E-state index contributed by atoms with van der Waals surface area (Å²) in [7, 11) is 0. The molecule has 0 radical (unpaired) electrons. The molecule has 0 rings (SSSR count). The molecule has 0 N–H and O–H groups in total. The van der Waals surface area contributed by atoms with Gasteiger partial charge in [-0.05, 0) is 12.2 Å². The molecule has 0 amide bonds. The minimum atomic E-state index is -0.463. The molecular formula is C4H7FS2. The SMILES string of the molecule is CC(C)SC(F)=S. The number of hydrogen-bond donors (Lipinski definition) is 0. The third-order valence-electron chi connectivity index (χ3n) is 0.328. The highest BCUT2D eigenvalue weighted by Gasteiger charge is 1.96. The predicted molar refractivity (Wildman–Crippen MR) is 36.4 cm³/mol. The van der Waals surface area contributed by atoms with Gasteiger partial charge in [0.25, 0.3) is 0 Å². The van der Waals surface area contributed by atoms with Crippen LogP contribution in [-0.2, 0) is 0 Å². The summed E-state index contributed by atoms with van der Waals surface area (Å²) in [6, 6.07) is 0. The average Bonchev–Trinajstić information content (AvgIpc) is 1.27. The van der Waals surface area contributed by atoms with Gasteiger partial charge in [-0.2, -0.15) is 4.39 Å². The van der Waals surface area contributed by atoms with Gasteiger partial charge in [0.05, 0.1) is 0 Å². The fourth-order valence-corrected chi connectivity index (χ4v) is 1.13. The zero-order valence-corrected chi connectivity index (χ0v) is 5.90. The first kappa shape index (κ1) is 7.37. The summed E-state index contributed by atoms with van der Waals surface area (Å²) >= 11 is 5.24. The molecular weight excluding hydrogens is 131 g/mol. The summed E-state index contributed by atoms with van der Waals surface area (Å²) in [5, 5.41) is 0.275. The van der Waals surface area contributed by atoms with Crippen molar-refractivity contribution in [1.82, 2.24) is 0 Å². The Morgan fingerprint density at radius 1 is 1.71 bits per heavy atom. The summed E-state index contributed by atoms with van der Waals surface area (Å²) in [4.78, 5) is 0. The molecule has 0 fully saturated rings. The van der Waals surface area contributed by atoms with Crippen LogP contribution in [0, 0.1) is 0 Å². The van der Waals surface area contributed by atoms with Crippen LogP contribution in [0.25, 0.3) is 0 Å². The fraction of sp³-hybridized carbons (Fsp3) is 0.750. The van der Waals surface area contributed by atoms with Gasteiger partial charge < -0.3 is 0 Å². The molecule has 0 aromatic rings. The van der Waals surface area contributed by atoms with Gasteiger partial charge in [0.1, 0.15) is 0 Å². The lowest BCUT2D eigenvalue weighted by molar-refractivity contribution is 0.851. The van der Waals surface area contributed by atoms with E-state index in [1.165, 1.54) is 0 Å². The Morgan fingerprint density at radius 2 is 2.14 bits per heavy atom. The Labute approximate surface area is 52.5 Å².